The van der Waals surface area contributed by atoms with E-state index in [1.807, 2.05) is 13.0 Å². The number of aromatic carboxylic acids is 1. The molecule has 0 saturated carbocycles. The molecule has 0 spiro atoms. The second-order valence-electron chi connectivity index (χ2n) is 4.35. The molecule has 3 heteroatoms. The number of hydrogen-bond acceptors (Lipinski definition) is 1. The van der Waals surface area contributed by atoms with Crippen molar-refractivity contribution in [3.05, 3.63) is 35.0 Å². The van der Waals surface area contributed by atoms with E-state index in [0.717, 1.165) is 16.6 Å². The average molecular weight is 217 g/mol. The molecule has 1 aromatic carbocycles. The summed E-state index contributed by atoms with van der Waals surface area (Å²) in [6, 6.07) is 5.40. The van der Waals surface area contributed by atoms with E-state index in [1.54, 1.807) is 12.1 Å². The van der Waals surface area contributed by atoms with Gasteiger partial charge in [0.15, 0.2) is 0 Å². The number of H-pyrrole nitrogens is 1. The van der Waals surface area contributed by atoms with Gasteiger partial charge in [0.1, 0.15) is 0 Å². The lowest BCUT2D eigenvalue weighted by molar-refractivity contribution is 0.0699. The van der Waals surface area contributed by atoms with Crippen molar-refractivity contribution in [3.63, 3.8) is 0 Å². The largest absolute Gasteiger partial charge is 0.478 e. The van der Waals surface area contributed by atoms with E-state index < -0.39 is 5.97 Å². The Kier molecular flexibility index (Phi) is 2.46. The lowest BCUT2D eigenvalue weighted by Gasteiger charge is -2.04. The zero-order chi connectivity index (χ0) is 11.9. The molecule has 84 valence electrons. The second kappa shape index (κ2) is 3.67. The van der Waals surface area contributed by atoms with Gasteiger partial charge in [-0.25, -0.2) is 4.79 Å². The molecule has 1 heterocycles. The molecule has 2 rings (SSSR count). The van der Waals surface area contributed by atoms with Gasteiger partial charge >= 0.3 is 5.97 Å². The lowest BCUT2D eigenvalue weighted by Crippen LogP contribution is -1.96. The van der Waals surface area contributed by atoms with Gasteiger partial charge in [-0.05, 0) is 24.5 Å². The van der Waals surface area contributed by atoms with Crippen molar-refractivity contribution < 1.29 is 9.90 Å². The molecule has 2 aromatic rings. The first-order valence-electron chi connectivity index (χ1n) is 5.37. The molecule has 0 radical (unpaired) electrons. The Balaban J connectivity index is 2.83. The van der Waals surface area contributed by atoms with Crippen molar-refractivity contribution in [2.24, 2.45) is 0 Å². The summed E-state index contributed by atoms with van der Waals surface area (Å²) < 4.78 is 0. The molecule has 1 aromatic heterocycles. The Labute approximate surface area is 94.1 Å². The maximum absolute atomic E-state index is 11.1. The number of aryl methyl sites for hydroxylation is 1. The van der Waals surface area contributed by atoms with Crippen LogP contribution in [0, 0.1) is 6.92 Å². The fraction of sp³-hybridized carbons (Fsp3) is 0.308. The maximum Gasteiger partial charge on any atom is 0.337 e. The molecule has 0 bridgehead atoms. The summed E-state index contributed by atoms with van der Waals surface area (Å²) in [7, 11) is 0. The summed E-state index contributed by atoms with van der Waals surface area (Å²) in [5, 5.41) is 10.1. The fourth-order valence-electron chi connectivity index (χ4n) is 2.29. The van der Waals surface area contributed by atoms with Crippen LogP contribution in [0.15, 0.2) is 18.2 Å². The highest BCUT2D eigenvalue weighted by Gasteiger charge is 2.16. The van der Waals surface area contributed by atoms with Gasteiger partial charge in [0, 0.05) is 11.1 Å². The van der Waals surface area contributed by atoms with E-state index in [4.69, 9.17) is 5.11 Å². The van der Waals surface area contributed by atoms with Gasteiger partial charge in [-0.2, -0.15) is 0 Å². The molecule has 0 amide bonds. The summed E-state index contributed by atoms with van der Waals surface area (Å²) in [6.45, 7) is 6.22. The first kappa shape index (κ1) is 10.7. The van der Waals surface area contributed by atoms with Crippen molar-refractivity contribution in [2.75, 3.05) is 0 Å². The average Bonchev–Trinajstić information content (AvgIpc) is 2.52. The van der Waals surface area contributed by atoms with Crippen LogP contribution in [0.4, 0.5) is 0 Å². The van der Waals surface area contributed by atoms with Crippen LogP contribution >= 0.6 is 0 Å². The Hall–Kier alpha value is -1.77. The lowest BCUT2D eigenvalue weighted by atomic mass is 9.99. The standard InChI is InChI=1S/C13H15NO2/c1-7(2)11-8(3)14-12-9(11)5-4-6-10(12)13(15)16/h4-7,14H,1-3H3,(H,15,16). The molecule has 0 saturated heterocycles. The molecule has 0 atom stereocenters. The summed E-state index contributed by atoms with van der Waals surface area (Å²) >= 11 is 0. The number of aromatic nitrogens is 1. The van der Waals surface area contributed by atoms with Crippen LogP contribution in [-0.2, 0) is 0 Å². The van der Waals surface area contributed by atoms with Crippen LogP contribution in [0.2, 0.25) is 0 Å². The van der Waals surface area contributed by atoms with E-state index in [-0.39, 0.29) is 0 Å². The van der Waals surface area contributed by atoms with Crippen molar-refractivity contribution in [2.45, 2.75) is 26.7 Å². The molecule has 3 nitrogen and oxygen atoms in total. The van der Waals surface area contributed by atoms with Crippen molar-refractivity contribution in [3.8, 4) is 0 Å². The third-order valence-electron chi connectivity index (χ3n) is 2.88. The van der Waals surface area contributed by atoms with Gasteiger partial charge in [-0.1, -0.05) is 26.0 Å². The monoisotopic (exact) mass is 217 g/mol. The quantitative estimate of drug-likeness (QED) is 0.810. The Morgan fingerprint density at radius 3 is 2.62 bits per heavy atom. The highest BCUT2D eigenvalue weighted by atomic mass is 16.4. The molecule has 0 fully saturated rings. The minimum Gasteiger partial charge on any atom is -0.478 e. The minimum absolute atomic E-state index is 0.340. The number of rotatable bonds is 2. The minimum atomic E-state index is -0.887. The SMILES string of the molecule is Cc1[nH]c2c(C(=O)O)cccc2c1C(C)C. The summed E-state index contributed by atoms with van der Waals surface area (Å²) in [6.07, 6.45) is 0. The number of para-hydroxylation sites is 1. The molecular weight excluding hydrogens is 202 g/mol. The normalized spacial score (nSPS) is 11.2. The first-order chi connectivity index (χ1) is 7.52. The van der Waals surface area contributed by atoms with Crippen LogP contribution < -0.4 is 0 Å². The van der Waals surface area contributed by atoms with E-state index in [1.165, 1.54) is 5.56 Å². The summed E-state index contributed by atoms with van der Waals surface area (Å²) in [5.74, 6) is -0.500. The third kappa shape index (κ3) is 1.48. The number of fused-ring (bicyclic) bond motifs is 1. The Morgan fingerprint density at radius 1 is 1.38 bits per heavy atom. The zero-order valence-electron chi connectivity index (χ0n) is 9.66. The van der Waals surface area contributed by atoms with Crippen molar-refractivity contribution in [1.82, 2.24) is 4.98 Å². The van der Waals surface area contributed by atoms with Crippen molar-refractivity contribution >= 4 is 16.9 Å². The van der Waals surface area contributed by atoms with Gasteiger partial charge in [0.2, 0.25) is 0 Å². The number of carboxylic acid groups (broad SMARTS) is 1. The molecule has 2 N–H and O–H groups in total. The summed E-state index contributed by atoms with van der Waals surface area (Å²) in [4.78, 5) is 14.3. The van der Waals surface area contributed by atoms with Crippen LogP contribution in [0.5, 0.6) is 0 Å². The zero-order valence-corrected chi connectivity index (χ0v) is 9.66. The molecular formula is C13H15NO2. The van der Waals surface area contributed by atoms with E-state index in [0.29, 0.717) is 11.5 Å². The maximum atomic E-state index is 11.1. The molecule has 0 aliphatic heterocycles. The van der Waals surface area contributed by atoms with Gasteiger partial charge in [-0.15, -0.1) is 0 Å². The number of benzene rings is 1. The fourth-order valence-corrected chi connectivity index (χ4v) is 2.29. The van der Waals surface area contributed by atoms with Gasteiger partial charge < -0.3 is 10.1 Å². The second-order valence-corrected chi connectivity index (χ2v) is 4.35. The molecule has 0 aliphatic rings. The molecule has 16 heavy (non-hydrogen) atoms. The predicted octanol–water partition coefficient (Wildman–Crippen LogP) is 3.30. The van der Waals surface area contributed by atoms with E-state index in [9.17, 15) is 4.79 Å². The van der Waals surface area contributed by atoms with Gasteiger partial charge in [0.05, 0.1) is 11.1 Å². The molecule has 0 aliphatic carbocycles. The van der Waals surface area contributed by atoms with Crippen LogP contribution in [-0.4, -0.2) is 16.1 Å². The molecule has 0 unspecified atom stereocenters. The third-order valence-corrected chi connectivity index (χ3v) is 2.88. The van der Waals surface area contributed by atoms with Crippen LogP contribution in [0.1, 0.15) is 41.4 Å². The predicted molar refractivity (Wildman–Crippen MR) is 64.1 cm³/mol. The Morgan fingerprint density at radius 2 is 2.06 bits per heavy atom. The highest BCUT2D eigenvalue weighted by Crippen LogP contribution is 2.30. The number of carbonyl (C=O) groups is 1. The Bertz CT molecular complexity index is 552. The van der Waals surface area contributed by atoms with Crippen LogP contribution in [0.25, 0.3) is 10.9 Å². The topological polar surface area (TPSA) is 53.1 Å². The van der Waals surface area contributed by atoms with Crippen molar-refractivity contribution in [1.29, 1.82) is 0 Å². The van der Waals surface area contributed by atoms with Crippen LogP contribution in [0.3, 0.4) is 0 Å². The van der Waals surface area contributed by atoms with E-state index in [2.05, 4.69) is 18.8 Å². The number of aromatic amines is 1. The smallest absolute Gasteiger partial charge is 0.337 e. The number of hydrogen-bond donors (Lipinski definition) is 2. The van der Waals surface area contributed by atoms with E-state index >= 15 is 0 Å². The number of carboxylic acids is 1. The van der Waals surface area contributed by atoms with Gasteiger partial charge in [0.25, 0.3) is 0 Å². The first-order valence-corrected chi connectivity index (χ1v) is 5.37. The number of nitrogens with one attached hydrogen (secondary N) is 1. The summed E-state index contributed by atoms with van der Waals surface area (Å²) in [5.41, 5.74) is 3.33. The van der Waals surface area contributed by atoms with Gasteiger partial charge in [-0.3, -0.25) is 0 Å². The highest BCUT2D eigenvalue weighted by molar-refractivity contribution is 6.03.